The minimum Gasteiger partial charge on any atom is -0.352 e. The molecule has 11 heteroatoms. The van der Waals surface area contributed by atoms with Gasteiger partial charge in [-0.05, 0) is 42.5 Å². The molecule has 0 atom stereocenters. The summed E-state index contributed by atoms with van der Waals surface area (Å²) in [6.45, 7) is 0.260. The van der Waals surface area contributed by atoms with E-state index in [1.807, 2.05) is 0 Å². The lowest BCUT2D eigenvalue weighted by molar-refractivity contribution is -0.132. The topological polar surface area (TPSA) is 86.8 Å². The van der Waals surface area contributed by atoms with Crippen LogP contribution in [0.4, 0.5) is 8.78 Å². The standard InChI is InChI=1S/C20H20ClF2N3O4S/c21-15-3-1-14(2-4-15)20(28)24-8-7-19(27)25-9-11-26(12-10-25)31(29,30)18-13-16(22)5-6-17(18)23/h1-6,13H,7-12H2,(H,24,28). The smallest absolute Gasteiger partial charge is 0.251 e. The number of nitrogens with zero attached hydrogens (tertiary/aromatic N) is 2. The highest BCUT2D eigenvalue weighted by atomic mass is 35.5. The third-order valence-corrected chi connectivity index (χ3v) is 7.00. The van der Waals surface area contributed by atoms with Crippen molar-refractivity contribution >= 4 is 33.4 Å². The molecule has 1 heterocycles. The van der Waals surface area contributed by atoms with Crippen LogP contribution in [0.1, 0.15) is 16.8 Å². The summed E-state index contributed by atoms with van der Waals surface area (Å²) in [5.41, 5.74) is 0.417. The molecule has 31 heavy (non-hydrogen) atoms. The van der Waals surface area contributed by atoms with E-state index in [0.717, 1.165) is 16.4 Å². The highest BCUT2D eigenvalue weighted by molar-refractivity contribution is 7.89. The highest BCUT2D eigenvalue weighted by Crippen LogP contribution is 2.22. The minimum atomic E-state index is -4.21. The summed E-state index contributed by atoms with van der Waals surface area (Å²) in [5, 5.41) is 3.15. The number of benzene rings is 2. The Bertz CT molecular complexity index is 1070. The van der Waals surface area contributed by atoms with Crippen molar-refractivity contribution in [2.45, 2.75) is 11.3 Å². The van der Waals surface area contributed by atoms with Gasteiger partial charge < -0.3 is 10.2 Å². The van der Waals surface area contributed by atoms with Gasteiger partial charge in [0.1, 0.15) is 16.5 Å². The van der Waals surface area contributed by atoms with Gasteiger partial charge in [-0.2, -0.15) is 4.31 Å². The Balaban J connectivity index is 1.50. The van der Waals surface area contributed by atoms with E-state index in [2.05, 4.69) is 5.32 Å². The van der Waals surface area contributed by atoms with Crippen molar-refractivity contribution in [1.82, 2.24) is 14.5 Å². The SMILES string of the molecule is O=C(NCCC(=O)N1CCN(S(=O)(=O)c2cc(F)ccc2F)CC1)c1ccc(Cl)cc1. The number of piperazine rings is 1. The zero-order valence-corrected chi connectivity index (χ0v) is 17.9. The molecule has 0 bridgehead atoms. The summed E-state index contributed by atoms with van der Waals surface area (Å²) in [6.07, 6.45) is 0.0462. The number of hydrogen-bond donors (Lipinski definition) is 1. The molecule has 2 aromatic rings. The predicted molar refractivity (Wildman–Crippen MR) is 110 cm³/mol. The number of amides is 2. The molecule has 1 saturated heterocycles. The van der Waals surface area contributed by atoms with Crippen LogP contribution in [-0.2, 0) is 14.8 Å². The van der Waals surface area contributed by atoms with Crippen LogP contribution in [0.25, 0.3) is 0 Å². The Kier molecular flexibility index (Phi) is 7.24. The van der Waals surface area contributed by atoms with E-state index >= 15 is 0 Å². The van der Waals surface area contributed by atoms with Gasteiger partial charge in [-0.15, -0.1) is 0 Å². The summed E-state index contributed by atoms with van der Waals surface area (Å²) in [6, 6.07) is 8.57. The van der Waals surface area contributed by atoms with Crippen LogP contribution in [0.15, 0.2) is 47.4 Å². The van der Waals surface area contributed by atoms with Gasteiger partial charge in [0.05, 0.1) is 0 Å². The van der Waals surface area contributed by atoms with Crippen molar-refractivity contribution < 1.29 is 26.8 Å². The molecule has 0 radical (unpaired) electrons. The summed E-state index contributed by atoms with van der Waals surface area (Å²) in [7, 11) is -4.21. The molecule has 2 amide bonds. The first-order chi connectivity index (χ1) is 14.7. The molecule has 0 aromatic heterocycles. The lowest BCUT2D eigenvalue weighted by atomic mass is 10.2. The molecule has 0 spiro atoms. The molecule has 166 valence electrons. The molecule has 0 saturated carbocycles. The van der Waals surface area contributed by atoms with Crippen LogP contribution >= 0.6 is 11.6 Å². The summed E-state index contributed by atoms with van der Waals surface area (Å²) in [4.78, 5) is 25.2. The van der Waals surface area contributed by atoms with E-state index in [1.165, 1.54) is 4.90 Å². The fourth-order valence-corrected chi connectivity index (χ4v) is 4.76. The van der Waals surface area contributed by atoms with Gasteiger partial charge in [0, 0.05) is 49.7 Å². The first-order valence-electron chi connectivity index (χ1n) is 9.45. The molecule has 1 N–H and O–H groups in total. The number of carbonyl (C=O) groups is 2. The van der Waals surface area contributed by atoms with Gasteiger partial charge in [-0.3, -0.25) is 9.59 Å². The lowest BCUT2D eigenvalue weighted by Crippen LogP contribution is -2.51. The first kappa shape index (κ1) is 23.1. The van der Waals surface area contributed by atoms with E-state index < -0.39 is 26.6 Å². The van der Waals surface area contributed by atoms with Crippen molar-refractivity contribution in [3.05, 3.63) is 64.7 Å². The van der Waals surface area contributed by atoms with Crippen LogP contribution in [-0.4, -0.2) is 62.2 Å². The maximum atomic E-state index is 13.9. The number of halogens is 3. The summed E-state index contributed by atoms with van der Waals surface area (Å²) < 4.78 is 53.5. The molecular formula is C20H20ClF2N3O4S. The van der Waals surface area contributed by atoms with Gasteiger partial charge in [0.15, 0.2) is 0 Å². The second kappa shape index (κ2) is 9.71. The Labute approximate surface area is 183 Å². The van der Waals surface area contributed by atoms with E-state index in [1.54, 1.807) is 24.3 Å². The van der Waals surface area contributed by atoms with Crippen molar-refractivity contribution in [3.8, 4) is 0 Å². The lowest BCUT2D eigenvalue weighted by Gasteiger charge is -2.34. The molecule has 2 aromatic carbocycles. The average molecular weight is 472 g/mol. The van der Waals surface area contributed by atoms with Crippen molar-refractivity contribution in [1.29, 1.82) is 0 Å². The van der Waals surface area contributed by atoms with E-state index in [0.29, 0.717) is 16.7 Å². The largest absolute Gasteiger partial charge is 0.352 e. The molecule has 7 nitrogen and oxygen atoms in total. The fourth-order valence-electron chi connectivity index (χ4n) is 3.14. The Morgan fingerprint density at radius 2 is 1.65 bits per heavy atom. The predicted octanol–water partition coefficient (Wildman–Crippen LogP) is 2.27. The van der Waals surface area contributed by atoms with Gasteiger partial charge in [0.25, 0.3) is 5.91 Å². The van der Waals surface area contributed by atoms with Crippen LogP contribution in [0.3, 0.4) is 0 Å². The normalized spacial score (nSPS) is 15.0. The third-order valence-electron chi connectivity index (χ3n) is 4.83. The first-order valence-corrected chi connectivity index (χ1v) is 11.3. The zero-order chi connectivity index (χ0) is 22.6. The maximum absolute atomic E-state index is 13.9. The van der Waals surface area contributed by atoms with Gasteiger partial charge in [0.2, 0.25) is 15.9 Å². The van der Waals surface area contributed by atoms with Crippen LogP contribution in [0.5, 0.6) is 0 Å². The second-order valence-electron chi connectivity index (χ2n) is 6.87. The number of hydrogen-bond acceptors (Lipinski definition) is 4. The van der Waals surface area contributed by atoms with Crippen molar-refractivity contribution in [2.75, 3.05) is 32.7 Å². The van der Waals surface area contributed by atoms with Gasteiger partial charge >= 0.3 is 0 Å². The zero-order valence-electron chi connectivity index (χ0n) is 16.4. The minimum absolute atomic E-state index is 0.0405. The molecule has 3 rings (SSSR count). The van der Waals surface area contributed by atoms with E-state index in [9.17, 15) is 26.8 Å². The second-order valence-corrected chi connectivity index (χ2v) is 9.22. The third kappa shape index (κ3) is 5.57. The molecule has 1 fully saturated rings. The van der Waals surface area contributed by atoms with Crippen LogP contribution in [0, 0.1) is 11.6 Å². The van der Waals surface area contributed by atoms with E-state index in [-0.39, 0.29) is 51.0 Å². The van der Waals surface area contributed by atoms with Crippen molar-refractivity contribution in [3.63, 3.8) is 0 Å². The molecular weight excluding hydrogens is 452 g/mol. The number of sulfonamides is 1. The van der Waals surface area contributed by atoms with Crippen LogP contribution in [0.2, 0.25) is 5.02 Å². The van der Waals surface area contributed by atoms with Gasteiger partial charge in [-0.1, -0.05) is 11.6 Å². The number of rotatable bonds is 6. The Morgan fingerprint density at radius 1 is 1.00 bits per heavy atom. The molecule has 1 aliphatic heterocycles. The van der Waals surface area contributed by atoms with Crippen molar-refractivity contribution in [2.24, 2.45) is 0 Å². The number of carbonyl (C=O) groups excluding carboxylic acids is 2. The van der Waals surface area contributed by atoms with Gasteiger partial charge in [-0.25, -0.2) is 17.2 Å². The Hall–Kier alpha value is -2.56. The average Bonchev–Trinajstić information content (AvgIpc) is 2.75. The molecule has 0 unspecified atom stereocenters. The fraction of sp³-hybridized carbons (Fsp3) is 0.300. The summed E-state index contributed by atoms with van der Waals surface area (Å²) in [5.74, 6) is -2.46. The maximum Gasteiger partial charge on any atom is 0.251 e. The monoisotopic (exact) mass is 471 g/mol. The van der Waals surface area contributed by atoms with E-state index in [4.69, 9.17) is 11.6 Å². The quantitative estimate of drug-likeness (QED) is 0.700. The molecule has 1 aliphatic rings. The number of nitrogens with one attached hydrogen (secondary N) is 1. The summed E-state index contributed by atoms with van der Waals surface area (Å²) >= 11 is 5.78. The van der Waals surface area contributed by atoms with Crippen LogP contribution < -0.4 is 5.32 Å². The highest BCUT2D eigenvalue weighted by Gasteiger charge is 2.32. The molecule has 0 aliphatic carbocycles. The Morgan fingerprint density at radius 3 is 2.29 bits per heavy atom.